The van der Waals surface area contributed by atoms with E-state index in [2.05, 4.69) is 57.2 Å². The number of rotatable bonds is 43. The van der Waals surface area contributed by atoms with Gasteiger partial charge >= 0.3 is 17.9 Å². The molecule has 0 aliphatic carbocycles. The van der Waals surface area contributed by atoms with Crippen LogP contribution in [-0.4, -0.2) is 37.2 Å². The van der Waals surface area contributed by atoms with E-state index >= 15 is 0 Å². The van der Waals surface area contributed by atoms with E-state index in [0.717, 1.165) is 89.9 Å². The monoisotopic (exact) mass is 787 g/mol. The maximum atomic E-state index is 12.7. The summed E-state index contributed by atoms with van der Waals surface area (Å²) < 4.78 is 16.7. The molecule has 1 atom stereocenters. The van der Waals surface area contributed by atoms with Crippen molar-refractivity contribution in [3.63, 3.8) is 0 Å². The molecule has 0 aliphatic heterocycles. The predicted molar refractivity (Wildman–Crippen MR) is 238 cm³/mol. The van der Waals surface area contributed by atoms with Crippen molar-refractivity contribution >= 4 is 17.9 Å². The van der Waals surface area contributed by atoms with Gasteiger partial charge in [-0.3, -0.25) is 14.4 Å². The van der Waals surface area contributed by atoms with E-state index in [1.54, 1.807) is 0 Å². The highest BCUT2D eigenvalue weighted by Crippen LogP contribution is 2.15. The molecule has 0 spiro atoms. The van der Waals surface area contributed by atoms with Gasteiger partial charge in [-0.2, -0.15) is 0 Å². The molecule has 0 rings (SSSR count). The van der Waals surface area contributed by atoms with Crippen LogP contribution in [0.2, 0.25) is 0 Å². The van der Waals surface area contributed by atoms with Crippen molar-refractivity contribution in [3.05, 3.63) is 36.5 Å². The summed E-state index contributed by atoms with van der Waals surface area (Å²) in [6.45, 7) is 6.50. The van der Waals surface area contributed by atoms with Crippen molar-refractivity contribution in [2.45, 2.75) is 252 Å². The minimum Gasteiger partial charge on any atom is -0.462 e. The zero-order chi connectivity index (χ0) is 40.8. The molecule has 0 bridgehead atoms. The third kappa shape index (κ3) is 42.8. The smallest absolute Gasteiger partial charge is 0.306 e. The van der Waals surface area contributed by atoms with Gasteiger partial charge in [0, 0.05) is 19.3 Å². The number of carbonyl (C=O) groups is 3. The first-order valence-electron chi connectivity index (χ1n) is 24.0. The molecule has 0 N–H and O–H groups in total. The fourth-order valence-corrected chi connectivity index (χ4v) is 6.81. The Labute approximate surface area is 346 Å². The molecule has 6 heteroatoms. The van der Waals surface area contributed by atoms with Gasteiger partial charge < -0.3 is 14.2 Å². The molecule has 0 aliphatic rings. The Kier molecular flexibility index (Phi) is 43.4. The van der Waals surface area contributed by atoms with Crippen LogP contribution in [0.5, 0.6) is 0 Å². The largest absolute Gasteiger partial charge is 0.462 e. The molecule has 0 aromatic rings. The summed E-state index contributed by atoms with van der Waals surface area (Å²) in [5, 5.41) is 0. The van der Waals surface area contributed by atoms with Crippen LogP contribution in [-0.2, 0) is 28.6 Å². The lowest BCUT2D eigenvalue weighted by Crippen LogP contribution is -2.30. The van der Waals surface area contributed by atoms with Crippen molar-refractivity contribution in [3.8, 4) is 0 Å². The summed E-state index contributed by atoms with van der Waals surface area (Å²) in [4.78, 5) is 37.8. The molecule has 0 aromatic heterocycles. The molecule has 0 heterocycles. The Morgan fingerprint density at radius 2 is 0.696 bits per heavy atom. The van der Waals surface area contributed by atoms with Crippen molar-refractivity contribution in [2.24, 2.45) is 0 Å². The molecule has 0 saturated heterocycles. The molecule has 0 radical (unpaired) electrons. The van der Waals surface area contributed by atoms with E-state index in [9.17, 15) is 14.4 Å². The lowest BCUT2D eigenvalue weighted by molar-refractivity contribution is -0.167. The second-order valence-corrected chi connectivity index (χ2v) is 16.0. The van der Waals surface area contributed by atoms with Crippen molar-refractivity contribution in [1.82, 2.24) is 0 Å². The number of carbonyl (C=O) groups excluding carboxylic acids is 3. The summed E-state index contributed by atoms with van der Waals surface area (Å²) in [7, 11) is 0. The number of hydrogen-bond acceptors (Lipinski definition) is 6. The Morgan fingerprint density at radius 1 is 0.375 bits per heavy atom. The SMILES string of the molecule is CC/C=C\C/C=C\C/C=C\CCCCCCC(=O)OC(COC(=O)CCCCCCCCCCC)COC(=O)CCCCCCCCCCCCCCCCC. The van der Waals surface area contributed by atoms with E-state index in [1.807, 2.05) is 0 Å². The van der Waals surface area contributed by atoms with Crippen LogP contribution < -0.4 is 0 Å². The van der Waals surface area contributed by atoms with Crippen LogP contribution in [0.25, 0.3) is 0 Å². The van der Waals surface area contributed by atoms with Crippen LogP contribution in [0, 0.1) is 0 Å². The van der Waals surface area contributed by atoms with Gasteiger partial charge in [-0.05, 0) is 51.4 Å². The molecular formula is C50H90O6. The summed E-state index contributed by atoms with van der Waals surface area (Å²) >= 11 is 0. The van der Waals surface area contributed by atoms with Gasteiger partial charge in [0.1, 0.15) is 13.2 Å². The van der Waals surface area contributed by atoms with Crippen LogP contribution in [0.4, 0.5) is 0 Å². The summed E-state index contributed by atoms with van der Waals surface area (Å²) in [5.74, 6) is -0.896. The molecule has 1 unspecified atom stereocenters. The average Bonchev–Trinajstić information content (AvgIpc) is 3.19. The Bertz CT molecular complexity index is 953. The highest BCUT2D eigenvalue weighted by molar-refractivity contribution is 5.71. The highest BCUT2D eigenvalue weighted by atomic mass is 16.6. The van der Waals surface area contributed by atoms with E-state index in [-0.39, 0.29) is 31.1 Å². The summed E-state index contributed by atoms with van der Waals surface area (Å²) in [5.41, 5.74) is 0. The summed E-state index contributed by atoms with van der Waals surface area (Å²) in [6.07, 6.45) is 51.3. The van der Waals surface area contributed by atoms with Gasteiger partial charge in [-0.1, -0.05) is 211 Å². The van der Waals surface area contributed by atoms with Crippen molar-refractivity contribution in [1.29, 1.82) is 0 Å². The van der Waals surface area contributed by atoms with Gasteiger partial charge in [0.15, 0.2) is 6.10 Å². The Morgan fingerprint density at radius 3 is 1.09 bits per heavy atom. The maximum Gasteiger partial charge on any atom is 0.306 e. The fourth-order valence-electron chi connectivity index (χ4n) is 6.81. The second kappa shape index (κ2) is 45.3. The van der Waals surface area contributed by atoms with E-state index in [4.69, 9.17) is 14.2 Å². The maximum absolute atomic E-state index is 12.7. The van der Waals surface area contributed by atoms with Crippen LogP contribution in [0.3, 0.4) is 0 Å². The van der Waals surface area contributed by atoms with Gasteiger partial charge in [0.25, 0.3) is 0 Å². The normalized spacial score (nSPS) is 12.3. The topological polar surface area (TPSA) is 78.9 Å². The van der Waals surface area contributed by atoms with E-state index < -0.39 is 6.10 Å². The second-order valence-electron chi connectivity index (χ2n) is 16.0. The number of unbranched alkanes of at least 4 members (excludes halogenated alkanes) is 26. The van der Waals surface area contributed by atoms with Crippen LogP contribution in [0.15, 0.2) is 36.5 Å². The third-order valence-corrected chi connectivity index (χ3v) is 10.4. The molecule has 0 aromatic carbocycles. The third-order valence-electron chi connectivity index (χ3n) is 10.4. The van der Waals surface area contributed by atoms with Crippen LogP contribution >= 0.6 is 0 Å². The number of esters is 3. The first-order chi connectivity index (χ1) is 27.5. The average molecular weight is 787 g/mol. The zero-order valence-electron chi connectivity index (χ0n) is 37.2. The minimum atomic E-state index is -0.776. The predicted octanol–water partition coefficient (Wildman–Crippen LogP) is 15.4. The van der Waals surface area contributed by atoms with Crippen LogP contribution in [0.1, 0.15) is 245 Å². The standard InChI is InChI=1S/C50H90O6/c1-4-7-10-13-16-19-21-23-25-27-28-31-34-37-40-43-49(52)55-46-47(45-54-48(51)42-39-36-33-30-18-15-12-9-6-3)56-50(53)44-41-38-35-32-29-26-24-22-20-17-14-11-8-5-2/h8,11,17,20,24,26,47H,4-7,9-10,12-16,18-19,21-23,25,27-46H2,1-3H3/b11-8-,20-17-,26-24-. The van der Waals surface area contributed by atoms with E-state index in [0.29, 0.717) is 19.3 Å². The first-order valence-corrected chi connectivity index (χ1v) is 24.0. The fraction of sp³-hybridized carbons (Fsp3) is 0.820. The quantitative estimate of drug-likeness (QED) is 0.0265. The van der Waals surface area contributed by atoms with E-state index in [1.165, 1.54) is 116 Å². The molecule has 56 heavy (non-hydrogen) atoms. The number of allylic oxidation sites excluding steroid dienone is 6. The van der Waals surface area contributed by atoms with Gasteiger partial charge in [-0.25, -0.2) is 0 Å². The Hall–Kier alpha value is -2.37. The first kappa shape index (κ1) is 53.6. The Balaban J connectivity index is 4.35. The van der Waals surface area contributed by atoms with Gasteiger partial charge in [0.2, 0.25) is 0 Å². The van der Waals surface area contributed by atoms with Crippen molar-refractivity contribution < 1.29 is 28.6 Å². The van der Waals surface area contributed by atoms with Gasteiger partial charge in [0.05, 0.1) is 0 Å². The lowest BCUT2D eigenvalue weighted by Gasteiger charge is -2.18. The minimum absolute atomic E-state index is 0.0778. The number of ether oxygens (including phenoxy) is 3. The zero-order valence-corrected chi connectivity index (χ0v) is 37.2. The molecule has 0 fully saturated rings. The highest BCUT2D eigenvalue weighted by Gasteiger charge is 2.19. The van der Waals surface area contributed by atoms with Gasteiger partial charge in [-0.15, -0.1) is 0 Å². The molecule has 6 nitrogen and oxygen atoms in total. The molecule has 326 valence electrons. The van der Waals surface area contributed by atoms with Crippen molar-refractivity contribution in [2.75, 3.05) is 13.2 Å². The summed E-state index contributed by atoms with van der Waals surface area (Å²) in [6, 6.07) is 0. The molecular weight excluding hydrogens is 697 g/mol. The number of hydrogen-bond donors (Lipinski definition) is 0. The molecule has 0 saturated carbocycles. The lowest BCUT2D eigenvalue weighted by atomic mass is 10.0. The molecule has 0 amide bonds.